The van der Waals surface area contributed by atoms with Crippen molar-refractivity contribution < 1.29 is 19.1 Å². The van der Waals surface area contributed by atoms with Crippen LogP contribution in [0.5, 0.6) is 0 Å². The molecule has 1 atom stereocenters. The Labute approximate surface area is 194 Å². The summed E-state index contributed by atoms with van der Waals surface area (Å²) >= 11 is 0. The minimum atomic E-state index is -1.09. The largest absolute Gasteiger partial charge is 0.481 e. The van der Waals surface area contributed by atoms with Gasteiger partial charge in [0.2, 0.25) is 5.91 Å². The zero-order chi connectivity index (χ0) is 24.1. The Morgan fingerprint density at radius 3 is 2.41 bits per heavy atom. The maximum atomic E-state index is 14.4. The Morgan fingerprint density at radius 2 is 1.68 bits per heavy atom. The molecular weight excluding hydrogens is 437 g/mol. The number of carbonyl (C=O) groups excluding carboxylic acids is 1. The van der Waals surface area contributed by atoms with Crippen molar-refractivity contribution in [2.45, 2.75) is 19.3 Å². The van der Waals surface area contributed by atoms with Crippen molar-refractivity contribution in [1.29, 1.82) is 0 Å². The van der Waals surface area contributed by atoms with Crippen LogP contribution in [-0.4, -0.2) is 27.2 Å². The average molecular weight is 459 g/mol. The van der Waals surface area contributed by atoms with Crippen LogP contribution in [0.2, 0.25) is 0 Å². The first-order valence-electron chi connectivity index (χ1n) is 10.7. The van der Waals surface area contributed by atoms with E-state index in [2.05, 4.69) is 15.5 Å². The van der Waals surface area contributed by atoms with E-state index in [1.54, 1.807) is 54.6 Å². The summed E-state index contributed by atoms with van der Waals surface area (Å²) < 4.78 is 14.4. The van der Waals surface area contributed by atoms with E-state index in [-0.39, 0.29) is 24.1 Å². The third-order valence-corrected chi connectivity index (χ3v) is 5.56. The number of amides is 1. The molecule has 0 aliphatic rings. The second-order valence-electron chi connectivity index (χ2n) is 8.01. The number of hydrogen-bond acceptors (Lipinski definition) is 4. The highest BCUT2D eigenvalue weighted by Gasteiger charge is 2.22. The quantitative estimate of drug-likeness (QED) is 0.370. The van der Waals surface area contributed by atoms with Gasteiger partial charge in [0, 0.05) is 18.2 Å². The number of aromatic amines is 1. The van der Waals surface area contributed by atoms with Gasteiger partial charge in [0.25, 0.3) is 5.56 Å². The minimum absolute atomic E-state index is 0.0416. The smallest absolute Gasteiger partial charge is 0.307 e. The summed E-state index contributed by atoms with van der Waals surface area (Å²) in [6, 6.07) is 20.4. The summed E-state index contributed by atoms with van der Waals surface area (Å²) in [6.07, 6.45) is 0.198. The number of nitrogens with one attached hydrogen (secondary N) is 2. The van der Waals surface area contributed by atoms with Gasteiger partial charge in [-0.1, -0.05) is 54.6 Å². The molecule has 34 heavy (non-hydrogen) atoms. The second-order valence-corrected chi connectivity index (χ2v) is 8.01. The molecule has 0 spiro atoms. The Kier molecular flexibility index (Phi) is 6.77. The lowest BCUT2D eigenvalue weighted by Gasteiger charge is -2.14. The third kappa shape index (κ3) is 5.35. The normalized spacial score (nSPS) is 11.8. The fourth-order valence-corrected chi connectivity index (χ4v) is 3.85. The van der Waals surface area contributed by atoms with Gasteiger partial charge in [-0.2, -0.15) is 5.10 Å². The first kappa shape index (κ1) is 22.8. The van der Waals surface area contributed by atoms with E-state index in [4.69, 9.17) is 0 Å². The summed E-state index contributed by atoms with van der Waals surface area (Å²) in [5, 5.41) is 19.8. The van der Waals surface area contributed by atoms with Crippen LogP contribution < -0.4 is 10.9 Å². The number of fused-ring (bicyclic) bond motifs is 1. The standard InChI is InChI=1S/C26H22FN3O4/c27-21-11-10-17(13-22-19-8-4-5-9-20(19)25(32)30-29-22)14-23(21)28-24(31)15-18(26(33)34)12-16-6-2-1-3-7-16/h1-11,14,18H,12-13,15H2,(H,28,31)(H,30,32)(H,33,34). The molecule has 1 unspecified atom stereocenters. The van der Waals surface area contributed by atoms with Crippen LogP contribution in [0.1, 0.15) is 23.2 Å². The fourth-order valence-electron chi connectivity index (χ4n) is 3.85. The van der Waals surface area contributed by atoms with Crippen molar-refractivity contribution in [3.63, 3.8) is 0 Å². The Balaban J connectivity index is 1.50. The number of anilines is 1. The number of rotatable bonds is 8. The summed E-state index contributed by atoms with van der Waals surface area (Å²) in [7, 11) is 0. The van der Waals surface area contributed by atoms with Gasteiger partial charge < -0.3 is 10.4 Å². The number of nitrogens with zero attached hydrogens (tertiary/aromatic N) is 1. The molecular formula is C26H22FN3O4. The van der Waals surface area contributed by atoms with Crippen molar-refractivity contribution in [3.05, 3.63) is 106 Å². The first-order valence-corrected chi connectivity index (χ1v) is 10.7. The van der Waals surface area contributed by atoms with Crippen LogP contribution in [-0.2, 0) is 22.4 Å². The van der Waals surface area contributed by atoms with Crippen LogP contribution in [0, 0.1) is 11.7 Å². The average Bonchev–Trinajstić information content (AvgIpc) is 2.83. The molecule has 1 amide bonds. The van der Waals surface area contributed by atoms with Crippen molar-refractivity contribution in [2.24, 2.45) is 5.92 Å². The van der Waals surface area contributed by atoms with Gasteiger partial charge in [0.1, 0.15) is 5.82 Å². The molecule has 0 radical (unpaired) electrons. The third-order valence-electron chi connectivity index (χ3n) is 5.56. The highest BCUT2D eigenvalue weighted by molar-refractivity contribution is 5.93. The van der Waals surface area contributed by atoms with Gasteiger partial charge in [-0.15, -0.1) is 0 Å². The molecule has 4 aromatic rings. The monoisotopic (exact) mass is 459 g/mol. The summed E-state index contributed by atoms with van der Waals surface area (Å²) in [5.74, 6) is -3.26. The molecule has 172 valence electrons. The van der Waals surface area contributed by atoms with Gasteiger partial charge in [-0.25, -0.2) is 9.49 Å². The van der Waals surface area contributed by atoms with E-state index in [0.29, 0.717) is 28.5 Å². The van der Waals surface area contributed by atoms with E-state index in [1.165, 1.54) is 12.1 Å². The van der Waals surface area contributed by atoms with Crippen LogP contribution in [0.25, 0.3) is 10.8 Å². The van der Waals surface area contributed by atoms with E-state index in [0.717, 1.165) is 5.56 Å². The molecule has 4 rings (SSSR count). The van der Waals surface area contributed by atoms with Crippen LogP contribution in [0.3, 0.4) is 0 Å². The van der Waals surface area contributed by atoms with Gasteiger partial charge in [0.05, 0.1) is 22.7 Å². The van der Waals surface area contributed by atoms with Gasteiger partial charge in [-0.3, -0.25) is 14.4 Å². The highest BCUT2D eigenvalue weighted by Crippen LogP contribution is 2.22. The van der Waals surface area contributed by atoms with E-state index in [9.17, 15) is 23.9 Å². The molecule has 1 aromatic heterocycles. The summed E-state index contributed by atoms with van der Waals surface area (Å²) in [4.78, 5) is 36.2. The zero-order valence-electron chi connectivity index (χ0n) is 18.1. The van der Waals surface area contributed by atoms with Crippen LogP contribution in [0.4, 0.5) is 10.1 Å². The summed E-state index contributed by atoms with van der Waals surface area (Å²) in [6.45, 7) is 0. The van der Waals surface area contributed by atoms with Crippen LogP contribution >= 0.6 is 0 Å². The lowest BCUT2D eigenvalue weighted by molar-refractivity contribution is -0.143. The Hall–Kier alpha value is -4.33. The molecule has 7 nitrogen and oxygen atoms in total. The van der Waals surface area contributed by atoms with Crippen molar-refractivity contribution >= 4 is 28.3 Å². The lowest BCUT2D eigenvalue weighted by atomic mass is 9.96. The number of aliphatic carboxylic acids is 1. The van der Waals surface area contributed by atoms with E-state index in [1.807, 2.05) is 6.07 Å². The van der Waals surface area contributed by atoms with E-state index < -0.39 is 23.6 Å². The number of carboxylic acid groups (broad SMARTS) is 1. The summed E-state index contributed by atoms with van der Waals surface area (Å²) in [5.41, 5.74) is 1.74. The van der Waals surface area contributed by atoms with Crippen molar-refractivity contribution in [3.8, 4) is 0 Å². The molecule has 0 aliphatic heterocycles. The number of hydrogen-bond donors (Lipinski definition) is 3. The lowest BCUT2D eigenvalue weighted by Crippen LogP contribution is -2.24. The SMILES string of the molecule is O=C(CC(Cc1ccccc1)C(=O)O)Nc1cc(Cc2n[nH]c(=O)c3ccccc23)ccc1F. The molecule has 3 N–H and O–H groups in total. The van der Waals surface area contributed by atoms with Gasteiger partial charge in [0.15, 0.2) is 0 Å². The predicted octanol–water partition coefficient (Wildman–Crippen LogP) is 3.93. The molecule has 0 saturated heterocycles. The topological polar surface area (TPSA) is 112 Å². The first-order chi connectivity index (χ1) is 16.4. The van der Waals surface area contributed by atoms with Crippen molar-refractivity contribution in [2.75, 3.05) is 5.32 Å². The molecule has 3 aromatic carbocycles. The van der Waals surface area contributed by atoms with E-state index >= 15 is 0 Å². The number of aromatic nitrogens is 2. The minimum Gasteiger partial charge on any atom is -0.481 e. The van der Waals surface area contributed by atoms with Crippen molar-refractivity contribution in [1.82, 2.24) is 10.2 Å². The second kappa shape index (κ2) is 10.1. The maximum absolute atomic E-state index is 14.4. The van der Waals surface area contributed by atoms with Gasteiger partial charge >= 0.3 is 5.97 Å². The molecule has 0 saturated carbocycles. The number of benzene rings is 3. The predicted molar refractivity (Wildman–Crippen MR) is 126 cm³/mol. The molecule has 0 bridgehead atoms. The zero-order valence-corrected chi connectivity index (χ0v) is 18.1. The number of H-pyrrole nitrogens is 1. The molecule has 0 fully saturated rings. The maximum Gasteiger partial charge on any atom is 0.307 e. The Morgan fingerprint density at radius 1 is 0.971 bits per heavy atom. The molecule has 1 heterocycles. The number of halogens is 1. The Bertz CT molecular complexity index is 1400. The van der Waals surface area contributed by atoms with Gasteiger partial charge in [-0.05, 0) is 35.7 Å². The molecule has 0 aliphatic carbocycles. The highest BCUT2D eigenvalue weighted by atomic mass is 19.1. The fraction of sp³-hybridized carbons (Fsp3) is 0.154. The van der Waals surface area contributed by atoms with Crippen LogP contribution in [0.15, 0.2) is 77.6 Å². The number of carbonyl (C=O) groups is 2. The number of carboxylic acids is 1. The molecule has 8 heteroatoms.